The van der Waals surface area contributed by atoms with Crippen LogP contribution in [-0.2, 0) is 14.8 Å². The first-order chi connectivity index (χ1) is 10.8. The van der Waals surface area contributed by atoms with Crippen LogP contribution < -0.4 is 4.74 Å². The van der Waals surface area contributed by atoms with Gasteiger partial charge < -0.3 is 9.64 Å². The van der Waals surface area contributed by atoms with Crippen LogP contribution in [0, 0.1) is 6.92 Å². The molecule has 1 aromatic carbocycles. The molecule has 7 heteroatoms. The summed E-state index contributed by atoms with van der Waals surface area (Å²) in [7, 11) is -2.37. The number of likely N-dealkylation sites (N-methyl/N-ethyl adjacent to an activating group) is 2. The topological polar surface area (TPSA) is 66.9 Å². The highest BCUT2D eigenvalue weighted by Crippen LogP contribution is 2.27. The molecule has 130 valence electrons. The van der Waals surface area contributed by atoms with Gasteiger partial charge >= 0.3 is 0 Å². The summed E-state index contributed by atoms with van der Waals surface area (Å²) < 4.78 is 32.2. The van der Waals surface area contributed by atoms with Crippen molar-refractivity contribution in [3.05, 3.63) is 23.8 Å². The number of hydrogen-bond acceptors (Lipinski definition) is 4. The lowest BCUT2D eigenvalue weighted by Gasteiger charge is -2.25. The van der Waals surface area contributed by atoms with Crippen molar-refractivity contribution in [3.8, 4) is 5.75 Å². The Morgan fingerprint density at radius 2 is 1.74 bits per heavy atom. The van der Waals surface area contributed by atoms with Gasteiger partial charge in [0.15, 0.2) is 0 Å². The Morgan fingerprint density at radius 1 is 1.13 bits per heavy atom. The van der Waals surface area contributed by atoms with Gasteiger partial charge in [-0.05, 0) is 38.5 Å². The number of rotatable bonds is 8. The lowest BCUT2D eigenvalue weighted by molar-refractivity contribution is -0.131. The zero-order valence-electron chi connectivity index (χ0n) is 14.5. The lowest BCUT2D eigenvalue weighted by Crippen LogP contribution is -2.42. The van der Waals surface area contributed by atoms with Gasteiger partial charge in [0.25, 0.3) is 0 Å². The number of carbonyl (C=O) groups is 1. The summed E-state index contributed by atoms with van der Waals surface area (Å²) in [5, 5.41) is 0. The zero-order chi connectivity index (χ0) is 17.6. The molecule has 23 heavy (non-hydrogen) atoms. The van der Waals surface area contributed by atoms with Gasteiger partial charge in [-0.3, -0.25) is 4.79 Å². The van der Waals surface area contributed by atoms with Crippen molar-refractivity contribution in [2.75, 3.05) is 33.3 Å². The molecule has 0 fully saturated rings. The van der Waals surface area contributed by atoms with Crippen LogP contribution in [0.1, 0.15) is 26.3 Å². The van der Waals surface area contributed by atoms with Crippen LogP contribution in [0.25, 0.3) is 0 Å². The average Bonchev–Trinajstić information content (AvgIpc) is 2.53. The predicted octanol–water partition coefficient (Wildman–Crippen LogP) is 1.88. The van der Waals surface area contributed by atoms with Gasteiger partial charge in [-0.25, -0.2) is 8.42 Å². The third-order valence-corrected chi connectivity index (χ3v) is 5.66. The summed E-state index contributed by atoms with van der Waals surface area (Å²) >= 11 is 0. The van der Waals surface area contributed by atoms with E-state index in [0.717, 1.165) is 5.56 Å². The maximum atomic E-state index is 12.9. The van der Waals surface area contributed by atoms with Crippen LogP contribution in [0.5, 0.6) is 5.75 Å². The number of nitrogens with zero attached hydrogens (tertiary/aromatic N) is 2. The van der Waals surface area contributed by atoms with Crippen LogP contribution in [0.3, 0.4) is 0 Å². The molecule has 1 amide bonds. The second-order valence-corrected chi connectivity index (χ2v) is 7.06. The van der Waals surface area contributed by atoms with Crippen LogP contribution in [0.2, 0.25) is 0 Å². The standard InChI is InChI=1S/C16H26N2O4S/c1-6-17(7-2)16(19)12-18(8-3)23(20,21)15-11-13(4)9-10-14(15)22-5/h9-11H,6-8,12H2,1-5H3. The molecular weight excluding hydrogens is 316 g/mol. The highest BCUT2D eigenvalue weighted by molar-refractivity contribution is 7.89. The number of sulfonamides is 1. The fourth-order valence-corrected chi connectivity index (χ4v) is 3.96. The summed E-state index contributed by atoms with van der Waals surface area (Å²) in [6.45, 7) is 8.43. The molecule has 0 atom stereocenters. The van der Waals surface area contributed by atoms with Crippen LogP contribution in [-0.4, -0.2) is 56.8 Å². The number of amides is 1. The van der Waals surface area contributed by atoms with Crippen molar-refractivity contribution in [2.45, 2.75) is 32.6 Å². The third-order valence-electron chi connectivity index (χ3n) is 3.72. The number of ether oxygens (including phenoxy) is 1. The molecule has 0 aliphatic rings. The Hall–Kier alpha value is -1.60. The molecule has 0 aromatic heterocycles. The molecule has 0 saturated carbocycles. The molecule has 0 radical (unpaired) electrons. The maximum Gasteiger partial charge on any atom is 0.247 e. The molecule has 1 aromatic rings. The molecule has 0 spiro atoms. The molecule has 0 bridgehead atoms. The second-order valence-electron chi connectivity index (χ2n) is 5.15. The highest BCUT2D eigenvalue weighted by Gasteiger charge is 2.29. The van der Waals surface area contributed by atoms with Gasteiger partial charge in [0.2, 0.25) is 15.9 Å². The zero-order valence-corrected chi connectivity index (χ0v) is 15.3. The van der Waals surface area contributed by atoms with E-state index in [1.807, 2.05) is 20.8 Å². The Bertz CT molecular complexity index is 639. The van der Waals surface area contributed by atoms with E-state index in [-0.39, 0.29) is 29.6 Å². The quantitative estimate of drug-likeness (QED) is 0.723. The van der Waals surface area contributed by atoms with Crippen molar-refractivity contribution in [1.29, 1.82) is 0 Å². The maximum absolute atomic E-state index is 12.9. The van der Waals surface area contributed by atoms with Crippen LogP contribution in [0.4, 0.5) is 0 Å². The minimum absolute atomic E-state index is 0.0918. The number of aryl methyl sites for hydroxylation is 1. The van der Waals surface area contributed by atoms with Gasteiger partial charge in [-0.1, -0.05) is 13.0 Å². The number of carbonyl (C=O) groups excluding carboxylic acids is 1. The van der Waals surface area contributed by atoms with Gasteiger partial charge in [0.05, 0.1) is 13.7 Å². The van der Waals surface area contributed by atoms with E-state index in [1.54, 1.807) is 30.0 Å². The molecule has 6 nitrogen and oxygen atoms in total. The summed E-state index contributed by atoms with van der Waals surface area (Å²) in [4.78, 5) is 14.0. The lowest BCUT2D eigenvalue weighted by atomic mass is 10.2. The van der Waals surface area contributed by atoms with Crippen molar-refractivity contribution in [3.63, 3.8) is 0 Å². The molecule has 0 saturated heterocycles. The fourth-order valence-electron chi connectivity index (χ4n) is 2.32. The van der Waals surface area contributed by atoms with Gasteiger partial charge in [-0.15, -0.1) is 0 Å². The minimum atomic E-state index is -3.80. The van der Waals surface area contributed by atoms with E-state index < -0.39 is 10.0 Å². The summed E-state index contributed by atoms with van der Waals surface area (Å²) in [6.07, 6.45) is 0. The first-order valence-electron chi connectivity index (χ1n) is 7.74. The van der Waals surface area contributed by atoms with Crippen molar-refractivity contribution in [2.24, 2.45) is 0 Å². The SMILES string of the molecule is CCN(CC)C(=O)CN(CC)S(=O)(=O)c1cc(C)ccc1OC. The first kappa shape index (κ1) is 19.4. The van der Waals surface area contributed by atoms with E-state index in [1.165, 1.54) is 11.4 Å². The Kier molecular flexibility index (Phi) is 7.02. The molecule has 1 rings (SSSR count). The van der Waals surface area contributed by atoms with Gasteiger partial charge in [0, 0.05) is 19.6 Å². The minimum Gasteiger partial charge on any atom is -0.495 e. The van der Waals surface area contributed by atoms with Crippen molar-refractivity contribution in [1.82, 2.24) is 9.21 Å². The monoisotopic (exact) mass is 342 g/mol. The third kappa shape index (κ3) is 4.45. The number of hydrogen-bond donors (Lipinski definition) is 0. The van der Waals surface area contributed by atoms with E-state index >= 15 is 0 Å². The average molecular weight is 342 g/mol. The number of benzene rings is 1. The molecule has 0 aliphatic heterocycles. The normalized spacial score (nSPS) is 11.6. The Morgan fingerprint density at radius 3 is 2.22 bits per heavy atom. The predicted molar refractivity (Wildman–Crippen MR) is 90.1 cm³/mol. The summed E-state index contributed by atoms with van der Waals surface area (Å²) in [6, 6.07) is 4.98. The summed E-state index contributed by atoms with van der Waals surface area (Å²) in [5.41, 5.74) is 0.815. The highest BCUT2D eigenvalue weighted by atomic mass is 32.2. The first-order valence-corrected chi connectivity index (χ1v) is 9.18. The largest absolute Gasteiger partial charge is 0.495 e. The van der Waals surface area contributed by atoms with Crippen LogP contribution in [0.15, 0.2) is 23.1 Å². The Labute approximate surface area is 139 Å². The molecule has 0 unspecified atom stereocenters. The van der Waals surface area contributed by atoms with Crippen molar-refractivity contribution >= 4 is 15.9 Å². The smallest absolute Gasteiger partial charge is 0.247 e. The van der Waals surface area contributed by atoms with Crippen molar-refractivity contribution < 1.29 is 17.9 Å². The van der Waals surface area contributed by atoms with Gasteiger partial charge in [0.1, 0.15) is 10.6 Å². The van der Waals surface area contributed by atoms with E-state index in [4.69, 9.17) is 4.74 Å². The molecule has 0 N–H and O–H groups in total. The van der Waals surface area contributed by atoms with E-state index in [2.05, 4.69) is 0 Å². The van der Waals surface area contributed by atoms with Gasteiger partial charge in [-0.2, -0.15) is 4.31 Å². The fraction of sp³-hybridized carbons (Fsp3) is 0.562. The van der Waals surface area contributed by atoms with E-state index in [9.17, 15) is 13.2 Å². The van der Waals surface area contributed by atoms with E-state index in [0.29, 0.717) is 13.1 Å². The molecular formula is C16H26N2O4S. The second kappa shape index (κ2) is 8.31. The summed E-state index contributed by atoms with van der Waals surface area (Å²) in [5.74, 6) is 0.0800. The molecule has 0 aliphatic carbocycles. The van der Waals surface area contributed by atoms with Crippen LogP contribution >= 0.6 is 0 Å². The Balaban J connectivity index is 3.18. The number of methoxy groups -OCH3 is 1. The molecule has 0 heterocycles.